The normalized spacial score (nSPS) is 13.4. The lowest BCUT2D eigenvalue weighted by molar-refractivity contribution is 0.626. The zero-order chi connectivity index (χ0) is 15.8. The van der Waals surface area contributed by atoms with Gasteiger partial charge in [-0.2, -0.15) is 5.10 Å². The van der Waals surface area contributed by atoms with E-state index in [1.807, 2.05) is 4.68 Å². The molecule has 1 aliphatic carbocycles. The number of nitrogen functional groups attached to an aromatic ring is 1. The zero-order valence-corrected chi connectivity index (χ0v) is 13.8. The van der Waals surface area contributed by atoms with E-state index in [-0.39, 0.29) is 5.82 Å². The summed E-state index contributed by atoms with van der Waals surface area (Å²) in [7, 11) is 0. The molecule has 0 spiro atoms. The van der Waals surface area contributed by atoms with Crippen LogP contribution >= 0.6 is 23.1 Å². The maximum atomic E-state index is 13.1. The third-order valence-electron chi connectivity index (χ3n) is 3.84. The number of thioether (sulfide) groups is 1. The number of rotatable bonds is 4. The number of fused-ring (bicyclic) bond motifs is 1. The lowest BCUT2D eigenvalue weighted by Gasteiger charge is -2.05. The molecular formula is C15H14FN5S2. The summed E-state index contributed by atoms with van der Waals surface area (Å²) in [5.41, 5.74) is 10.1. The minimum absolute atomic E-state index is 0.234. The van der Waals surface area contributed by atoms with Crippen molar-refractivity contribution in [2.45, 2.75) is 29.4 Å². The molecule has 0 unspecified atom stereocenters. The van der Waals surface area contributed by atoms with Crippen LogP contribution in [0.3, 0.4) is 0 Å². The Kier molecular flexibility index (Phi) is 3.78. The standard InChI is InChI=1S/C15H14FN5S2/c16-9-4-6-10(7-5-9)21-13-3-1-2-11(13)12(20-21)8-22-15-19-18-14(17)23-15/h4-7H,1-3,8H2,(H2,17,18). The number of nitrogens with zero attached hydrogens (tertiary/aromatic N) is 4. The summed E-state index contributed by atoms with van der Waals surface area (Å²) in [5, 5.41) is 13.1. The zero-order valence-electron chi connectivity index (χ0n) is 12.2. The molecule has 23 heavy (non-hydrogen) atoms. The van der Waals surface area contributed by atoms with Gasteiger partial charge in [0.25, 0.3) is 0 Å². The minimum atomic E-state index is -0.234. The highest BCUT2D eigenvalue weighted by atomic mass is 32.2. The third-order valence-corrected chi connectivity index (χ3v) is 5.74. The van der Waals surface area contributed by atoms with Crippen LogP contribution in [0.25, 0.3) is 5.69 Å². The first kappa shape index (κ1) is 14.6. The van der Waals surface area contributed by atoms with Crippen LogP contribution in [0.15, 0.2) is 28.6 Å². The van der Waals surface area contributed by atoms with Crippen molar-refractivity contribution in [1.82, 2.24) is 20.0 Å². The van der Waals surface area contributed by atoms with E-state index in [1.54, 1.807) is 23.9 Å². The Balaban J connectivity index is 1.63. The number of benzene rings is 1. The van der Waals surface area contributed by atoms with Crippen molar-refractivity contribution >= 4 is 28.2 Å². The third kappa shape index (κ3) is 2.84. The van der Waals surface area contributed by atoms with Crippen LogP contribution in [0.2, 0.25) is 0 Å². The van der Waals surface area contributed by atoms with Crippen LogP contribution in [0.4, 0.5) is 9.52 Å². The van der Waals surface area contributed by atoms with Crippen LogP contribution in [0.5, 0.6) is 0 Å². The summed E-state index contributed by atoms with van der Waals surface area (Å²) in [5.74, 6) is 0.507. The molecule has 2 N–H and O–H groups in total. The van der Waals surface area contributed by atoms with E-state index in [0.29, 0.717) is 5.13 Å². The Bertz CT molecular complexity index is 840. The Labute approximate surface area is 140 Å². The van der Waals surface area contributed by atoms with E-state index < -0.39 is 0 Å². The van der Waals surface area contributed by atoms with E-state index in [0.717, 1.165) is 40.7 Å². The van der Waals surface area contributed by atoms with E-state index in [4.69, 9.17) is 10.8 Å². The molecule has 0 fully saturated rings. The maximum Gasteiger partial charge on any atom is 0.203 e. The molecule has 0 saturated heterocycles. The molecule has 2 heterocycles. The van der Waals surface area contributed by atoms with Gasteiger partial charge in [-0.05, 0) is 49.1 Å². The van der Waals surface area contributed by atoms with Gasteiger partial charge < -0.3 is 5.73 Å². The molecule has 1 aromatic carbocycles. The first-order valence-electron chi connectivity index (χ1n) is 7.28. The van der Waals surface area contributed by atoms with Crippen molar-refractivity contribution in [3.8, 4) is 5.69 Å². The summed E-state index contributed by atoms with van der Waals surface area (Å²) < 4.78 is 15.9. The summed E-state index contributed by atoms with van der Waals surface area (Å²) >= 11 is 2.99. The van der Waals surface area contributed by atoms with Gasteiger partial charge in [-0.1, -0.05) is 23.1 Å². The molecule has 3 aromatic rings. The SMILES string of the molecule is Nc1nnc(SCc2nn(-c3ccc(F)cc3)c3c2CCC3)s1. The van der Waals surface area contributed by atoms with Gasteiger partial charge in [0, 0.05) is 11.4 Å². The fourth-order valence-electron chi connectivity index (χ4n) is 2.83. The fraction of sp³-hybridized carbons (Fsp3) is 0.267. The van der Waals surface area contributed by atoms with Gasteiger partial charge in [0.15, 0.2) is 4.34 Å². The second kappa shape index (κ2) is 5.93. The van der Waals surface area contributed by atoms with Crippen LogP contribution in [-0.2, 0) is 18.6 Å². The van der Waals surface area contributed by atoms with Crippen molar-refractivity contribution < 1.29 is 4.39 Å². The van der Waals surface area contributed by atoms with E-state index in [1.165, 1.54) is 34.7 Å². The molecule has 1 aliphatic rings. The van der Waals surface area contributed by atoms with Crippen LogP contribution in [0.1, 0.15) is 23.4 Å². The highest BCUT2D eigenvalue weighted by Gasteiger charge is 2.23. The number of hydrogen-bond acceptors (Lipinski definition) is 6. The first-order chi connectivity index (χ1) is 11.2. The molecule has 0 bridgehead atoms. The van der Waals surface area contributed by atoms with Crippen molar-refractivity contribution in [2.24, 2.45) is 0 Å². The Morgan fingerprint density at radius 3 is 2.78 bits per heavy atom. The minimum Gasteiger partial charge on any atom is -0.374 e. The topological polar surface area (TPSA) is 69.6 Å². The molecule has 0 saturated carbocycles. The summed E-state index contributed by atoms with van der Waals surface area (Å²) in [6.45, 7) is 0. The van der Waals surface area contributed by atoms with Crippen molar-refractivity contribution in [1.29, 1.82) is 0 Å². The lowest BCUT2D eigenvalue weighted by atomic mass is 10.2. The molecule has 0 amide bonds. The lowest BCUT2D eigenvalue weighted by Crippen LogP contribution is -2.01. The highest BCUT2D eigenvalue weighted by Crippen LogP contribution is 2.33. The van der Waals surface area contributed by atoms with Crippen LogP contribution in [-0.4, -0.2) is 20.0 Å². The average Bonchev–Trinajstić information content (AvgIpc) is 3.23. The fourth-order valence-corrected chi connectivity index (χ4v) is 4.44. The Morgan fingerprint density at radius 1 is 1.22 bits per heavy atom. The summed E-state index contributed by atoms with van der Waals surface area (Å²) in [6.07, 6.45) is 3.19. The molecule has 0 radical (unpaired) electrons. The number of aromatic nitrogens is 4. The quantitative estimate of drug-likeness (QED) is 0.734. The van der Waals surface area contributed by atoms with Gasteiger partial charge in [-0.15, -0.1) is 10.2 Å². The molecule has 8 heteroatoms. The molecule has 2 aromatic heterocycles. The van der Waals surface area contributed by atoms with Crippen molar-refractivity contribution in [3.05, 3.63) is 47.0 Å². The number of hydrogen-bond donors (Lipinski definition) is 1. The van der Waals surface area contributed by atoms with E-state index in [9.17, 15) is 4.39 Å². The van der Waals surface area contributed by atoms with Gasteiger partial charge >= 0.3 is 0 Å². The van der Waals surface area contributed by atoms with E-state index >= 15 is 0 Å². The molecule has 5 nitrogen and oxygen atoms in total. The van der Waals surface area contributed by atoms with Crippen molar-refractivity contribution in [2.75, 3.05) is 5.73 Å². The predicted octanol–water partition coefficient (Wildman–Crippen LogP) is 3.23. The first-order valence-corrected chi connectivity index (χ1v) is 9.08. The van der Waals surface area contributed by atoms with Crippen LogP contribution in [0, 0.1) is 5.82 Å². The van der Waals surface area contributed by atoms with Gasteiger partial charge in [0.1, 0.15) is 5.82 Å². The van der Waals surface area contributed by atoms with Gasteiger partial charge in [-0.25, -0.2) is 9.07 Å². The number of nitrogens with two attached hydrogens (primary N) is 1. The van der Waals surface area contributed by atoms with E-state index in [2.05, 4.69) is 10.2 Å². The van der Waals surface area contributed by atoms with Crippen LogP contribution < -0.4 is 5.73 Å². The highest BCUT2D eigenvalue weighted by molar-refractivity contribution is 8.00. The summed E-state index contributed by atoms with van der Waals surface area (Å²) in [6, 6.07) is 6.47. The smallest absolute Gasteiger partial charge is 0.203 e. The largest absolute Gasteiger partial charge is 0.374 e. The monoisotopic (exact) mass is 347 g/mol. The van der Waals surface area contributed by atoms with Gasteiger partial charge in [0.05, 0.1) is 11.4 Å². The Hall–Kier alpha value is -1.93. The molecule has 0 aliphatic heterocycles. The molecule has 0 atom stereocenters. The second-order valence-corrected chi connectivity index (χ2v) is 7.54. The second-order valence-electron chi connectivity index (χ2n) is 5.31. The molecule has 4 rings (SSSR count). The van der Waals surface area contributed by atoms with Gasteiger partial charge in [0.2, 0.25) is 5.13 Å². The maximum absolute atomic E-state index is 13.1. The molecular weight excluding hydrogens is 333 g/mol. The summed E-state index contributed by atoms with van der Waals surface area (Å²) in [4.78, 5) is 0. The predicted molar refractivity (Wildman–Crippen MR) is 89.4 cm³/mol. The molecule has 118 valence electrons. The van der Waals surface area contributed by atoms with Crippen molar-refractivity contribution in [3.63, 3.8) is 0 Å². The van der Waals surface area contributed by atoms with Gasteiger partial charge in [-0.3, -0.25) is 0 Å². The number of anilines is 1. The number of halogens is 1. The average molecular weight is 347 g/mol. The Morgan fingerprint density at radius 2 is 2.04 bits per heavy atom.